The van der Waals surface area contributed by atoms with E-state index in [1.54, 1.807) is 24.3 Å². The first-order valence-corrected chi connectivity index (χ1v) is 15.2. The van der Waals surface area contributed by atoms with Crippen LogP contribution in [-0.2, 0) is 6.42 Å². The molecule has 0 bridgehead atoms. The molecule has 4 aromatic rings. The third-order valence-electron chi connectivity index (χ3n) is 5.41. The highest BCUT2D eigenvalue weighted by atomic mass is 127. The van der Waals surface area contributed by atoms with Gasteiger partial charge in [0.05, 0.1) is 14.3 Å². The van der Waals surface area contributed by atoms with Crippen LogP contribution >= 0.6 is 90.4 Å². The highest BCUT2D eigenvalue weighted by Gasteiger charge is 2.34. The van der Waals surface area contributed by atoms with Crippen molar-refractivity contribution in [2.45, 2.75) is 19.1 Å². The number of ether oxygens (including phenoxy) is 2. The second-order valence-corrected chi connectivity index (χ2v) is 12.9. The summed E-state index contributed by atoms with van der Waals surface area (Å²) in [5.74, 6) is -0.412. The molecule has 204 valence electrons. The van der Waals surface area contributed by atoms with Crippen molar-refractivity contribution in [2.24, 2.45) is 0 Å². The fourth-order valence-electron chi connectivity index (χ4n) is 3.75. The van der Waals surface area contributed by atoms with Gasteiger partial charge in [-0.1, -0.05) is 48.5 Å². The van der Waals surface area contributed by atoms with Crippen molar-refractivity contribution in [1.82, 2.24) is 0 Å². The number of alkyl halides is 6. The Kier molecular flexibility index (Phi) is 9.88. The Bertz CT molecular complexity index is 1330. The van der Waals surface area contributed by atoms with Gasteiger partial charge < -0.3 is 9.47 Å². The number of hydrogen-bond donors (Lipinski definition) is 0. The van der Waals surface area contributed by atoms with E-state index in [4.69, 9.17) is 0 Å². The Balaban J connectivity index is 1.47. The molecule has 0 aromatic heterocycles. The van der Waals surface area contributed by atoms with Gasteiger partial charge in [0.25, 0.3) is 0 Å². The maximum absolute atomic E-state index is 12.7. The van der Waals surface area contributed by atoms with Gasteiger partial charge in [-0.3, -0.25) is 0 Å². The summed E-state index contributed by atoms with van der Waals surface area (Å²) in [7, 11) is 0. The minimum absolute atomic E-state index is 0.206. The van der Waals surface area contributed by atoms with Crippen molar-refractivity contribution in [1.29, 1.82) is 0 Å². The minimum Gasteiger partial charge on any atom is -0.404 e. The van der Waals surface area contributed by atoms with Gasteiger partial charge in [0.2, 0.25) is 0 Å². The van der Waals surface area contributed by atoms with E-state index in [2.05, 4.69) is 9.47 Å². The summed E-state index contributed by atoms with van der Waals surface area (Å²) < 4.78 is 85.9. The van der Waals surface area contributed by atoms with E-state index in [0.29, 0.717) is 20.7 Å². The first-order valence-electron chi connectivity index (χ1n) is 10.9. The quantitative estimate of drug-likeness (QED) is 0.142. The van der Waals surface area contributed by atoms with Crippen molar-refractivity contribution in [2.75, 3.05) is 0 Å². The third-order valence-corrected chi connectivity index (χ3v) is 8.62. The van der Waals surface area contributed by atoms with Crippen LogP contribution in [0.1, 0.15) is 11.1 Å². The van der Waals surface area contributed by atoms with Crippen LogP contribution in [0.4, 0.5) is 26.3 Å². The van der Waals surface area contributed by atoms with Crippen molar-refractivity contribution in [3.8, 4) is 33.8 Å². The van der Waals surface area contributed by atoms with E-state index in [-0.39, 0.29) is 11.5 Å². The SMILES string of the molecule is FC(F)(F)Oc1c(I)cc(-c2ccc(Cc3ccc(-c4cc(I)c(OC(F)(F)F)c(I)c4)cc3)cc2)cc1I. The summed E-state index contributed by atoms with van der Waals surface area (Å²) in [4.78, 5) is 0. The molecule has 0 spiro atoms. The lowest BCUT2D eigenvalue weighted by Crippen LogP contribution is -2.18. The molecule has 12 heteroatoms. The molecule has 0 radical (unpaired) electrons. The Morgan fingerprint density at radius 3 is 1.00 bits per heavy atom. The van der Waals surface area contributed by atoms with Crippen LogP contribution in [0, 0.1) is 14.3 Å². The van der Waals surface area contributed by atoms with Crippen molar-refractivity contribution < 1.29 is 35.8 Å². The summed E-state index contributed by atoms with van der Waals surface area (Å²) in [6.07, 6.45) is -8.86. The van der Waals surface area contributed by atoms with Gasteiger partial charge in [0, 0.05) is 0 Å². The Morgan fingerprint density at radius 1 is 0.462 bits per heavy atom. The van der Waals surface area contributed by atoms with Crippen LogP contribution in [0.15, 0.2) is 72.8 Å². The molecule has 0 aliphatic carbocycles. The lowest BCUT2D eigenvalue weighted by Gasteiger charge is -2.14. The standard InChI is InChI=1S/C27H14F6I4O2/c28-26(29,30)38-24-20(34)10-18(11-21(24)35)16-5-1-14(2-6-16)9-15-3-7-17(8-4-15)19-12-22(36)25(23(37)13-19)39-27(31,32)33/h1-8,10-13H,9H2. The second kappa shape index (κ2) is 12.5. The smallest absolute Gasteiger partial charge is 0.404 e. The molecule has 0 atom stereocenters. The van der Waals surface area contributed by atoms with Gasteiger partial charge >= 0.3 is 12.7 Å². The molecule has 4 rings (SSSR count). The van der Waals surface area contributed by atoms with Gasteiger partial charge in [-0.2, -0.15) is 0 Å². The number of rotatable bonds is 6. The van der Waals surface area contributed by atoms with Gasteiger partial charge in [-0.15, -0.1) is 26.3 Å². The lowest BCUT2D eigenvalue weighted by atomic mass is 9.98. The third kappa shape index (κ3) is 8.50. The normalized spacial score (nSPS) is 11.9. The molecular formula is C27H14F6I4O2. The zero-order valence-electron chi connectivity index (χ0n) is 19.2. The summed E-state index contributed by atoms with van der Waals surface area (Å²) in [5, 5.41) is 0. The van der Waals surface area contributed by atoms with Crippen molar-refractivity contribution in [3.63, 3.8) is 0 Å². The molecule has 0 heterocycles. The number of hydrogen-bond acceptors (Lipinski definition) is 2. The minimum atomic E-state index is -4.76. The first kappa shape index (κ1) is 30.9. The predicted molar refractivity (Wildman–Crippen MR) is 171 cm³/mol. The van der Waals surface area contributed by atoms with E-state index < -0.39 is 12.7 Å². The highest BCUT2D eigenvalue weighted by molar-refractivity contribution is 14.1. The van der Waals surface area contributed by atoms with E-state index in [1.165, 1.54) is 0 Å². The Hall–Kier alpha value is -1.02. The maximum Gasteiger partial charge on any atom is 0.573 e. The zero-order chi connectivity index (χ0) is 28.5. The largest absolute Gasteiger partial charge is 0.573 e. The zero-order valence-corrected chi connectivity index (χ0v) is 27.9. The fraction of sp³-hybridized carbons (Fsp3) is 0.111. The molecule has 0 N–H and O–H groups in total. The monoisotopic (exact) mass is 992 g/mol. The maximum atomic E-state index is 12.7. The van der Waals surface area contributed by atoms with Crippen LogP contribution in [0.25, 0.3) is 22.3 Å². The van der Waals surface area contributed by atoms with Crippen LogP contribution in [0.3, 0.4) is 0 Å². The molecule has 0 saturated heterocycles. The van der Waals surface area contributed by atoms with Gasteiger partial charge in [-0.05, 0) is 154 Å². The van der Waals surface area contributed by atoms with Crippen LogP contribution < -0.4 is 9.47 Å². The van der Waals surface area contributed by atoms with Crippen LogP contribution in [0.5, 0.6) is 11.5 Å². The number of benzene rings is 4. The molecule has 39 heavy (non-hydrogen) atoms. The second-order valence-electron chi connectivity index (χ2n) is 8.20. The van der Waals surface area contributed by atoms with E-state index in [0.717, 1.165) is 33.4 Å². The molecule has 4 aromatic carbocycles. The van der Waals surface area contributed by atoms with Crippen molar-refractivity contribution >= 4 is 90.4 Å². The van der Waals surface area contributed by atoms with E-state index in [1.807, 2.05) is 139 Å². The summed E-state index contributed by atoms with van der Waals surface area (Å²) >= 11 is 7.34. The van der Waals surface area contributed by atoms with E-state index >= 15 is 0 Å². The summed E-state index contributed by atoms with van der Waals surface area (Å²) in [6, 6.07) is 22.2. The molecular weight excluding hydrogens is 978 g/mol. The number of halogens is 10. The van der Waals surface area contributed by atoms with Gasteiger partial charge in [0.1, 0.15) is 0 Å². The van der Waals surface area contributed by atoms with Gasteiger partial charge in [0.15, 0.2) is 11.5 Å². The summed E-state index contributed by atoms with van der Waals surface area (Å²) in [5.41, 5.74) is 5.39. The average Bonchev–Trinajstić information content (AvgIpc) is 2.83. The predicted octanol–water partition coefficient (Wildman–Crippen LogP) is 10.8. The van der Waals surface area contributed by atoms with Crippen LogP contribution in [0.2, 0.25) is 0 Å². The Morgan fingerprint density at radius 2 is 0.744 bits per heavy atom. The molecule has 0 saturated carbocycles. The lowest BCUT2D eigenvalue weighted by molar-refractivity contribution is -0.276. The molecule has 0 unspecified atom stereocenters. The molecule has 0 aliphatic rings. The van der Waals surface area contributed by atoms with Crippen LogP contribution in [-0.4, -0.2) is 12.7 Å². The molecule has 0 fully saturated rings. The Labute approximate surface area is 274 Å². The highest BCUT2D eigenvalue weighted by Crippen LogP contribution is 2.37. The first-order chi connectivity index (χ1) is 18.2. The molecule has 2 nitrogen and oxygen atoms in total. The summed E-state index contributed by atoms with van der Waals surface area (Å²) in [6.45, 7) is 0. The fourth-order valence-corrected chi connectivity index (χ4v) is 7.72. The topological polar surface area (TPSA) is 18.5 Å². The van der Waals surface area contributed by atoms with E-state index in [9.17, 15) is 26.3 Å². The molecule has 0 amide bonds. The van der Waals surface area contributed by atoms with Gasteiger partial charge in [-0.25, -0.2) is 0 Å². The molecule has 0 aliphatic heterocycles. The average molecular weight is 992 g/mol. The van der Waals surface area contributed by atoms with Crippen molar-refractivity contribution in [3.05, 3.63) is 98.2 Å².